The van der Waals surface area contributed by atoms with E-state index in [9.17, 15) is 4.57 Å². The molecule has 2 N–H and O–H groups in total. The first-order valence-corrected chi connectivity index (χ1v) is 7.03. The second-order valence-corrected chi connectivity index (χ2v) is 5.26. The minimum absolute atomic E-state index is 0.135. The molecule has 0 radical (unpaired) electrons. The number of hydrogen-bond acceptors (Lipinski definition) is 7. The van der Waals surface area contributed by atoms with E-state index in [1.807, 2.05) is 0 Å². The van der Waals surface area contributed by atoms with Crippen molar-refractivity contribution in [2.24, 2.45) is 0 Å². The van der Waals surface area contributed by atoms with Gasteiger partial charge >= 0.3 is 25.9 Å². The highest BCUT2D eigenvalue weighted by Crippen LogP contribution is 2.36. The van der Waals surface area contributed by atoms with Gasteiger partial charge in [0, 0.05) is 0 Å². The average molecular weight is 293 g/mol. The summed E-state index contributed by atoms with van der Waals surface area (Å²) in [7, 11) is -4.76. The van der Waals surface area contributed by atoms with E-state index < -0.39 is 13.8 Å². The fourth-order valence-corrected chi connectivity index (χ4v) is 1.29. The van der Waals surface area contributed by atoms with Crippen molar-refractivity contribution >= 4 is 7.82 Å². The van der Waals surface area contributed by atoms with Gasteiger partial charge < -0.3 is 14.0 Å². The van der Waals surface area contributed by atoms with Gasteiger partial charge in [-0.1, -0.05) is 0 Å². The van der Waals surface area contributed by atoms with Crippen molar-refractivity contribution in [3.8, 4) is 18.0 Å². The molecule has 0 fully saturated rings. The molecule has 1 heterocycles. The van der Waals surface area contributed by atoms with Crippen LogP contribution in [0.1, 0.15) is 27.7 Å². The van der Waals surface area contributed by atoms with Crippen LogP contribution in [0.4, 0.5) is 0 Å². The summed E-state index contributed by atoms with van der Waals surface area (Å²) in [6, 6.07) is -0.831. The molecule has 0 bridgehead atoms. The third-order valence-electron chi connectivity index (χ3n) is 1.46. The minimum Gasteiger partial charge on any atom is -0.461 e. The second-order valence-electron chi connectivity index (χ2n) is 4.10. The Kier molecular flexibility index (Phi) is 5.04. The number of phosphoric ester groups is 1. The number of ether oxygens (including phenoxy) is 2. The van der Waals surface area contributed by atoms with Gasteiger partial charge in [-0.25, -0.2) is 4.57 Å². The molecule has 0 saturated carbocycles. The molecular weight excluding hydrogens is 277 g/mol. The fraction of sp³-hybridized carbons (Fsp3) is 0.667. The summed E-state index contributed by atoms with van der Waals surface area (Å²) in [5.41, 5.74) is 0. The van der Waals surface area contributed by atoms with Gasteiger partial charge in [0.05, 0.1) is 12.2 Å². The molecule has 9 nitrogen and oxygen atoms in total. The number of hydrogen-bond donors (Lipinski definition) is 2. The van der Waals surface area contributed by atoms with Gasteiger partial charge in [-0.05, 0) is 27.7 Å². The Labute approximate surface area is 110 Å². The maximum absolute atomic E-state index is 10.8. The summed E-state index contributed by atoms with van der Waals surface area (Å²) in [4.78, 5) is 28.5. The lowest BCUT2D eigenvalue weighted by atomic mass is 10.5. The highest BCUT2D eigenvalue weighted by molar-refractivity contribution is 7.46. The van der Waals surface area contributed by atoms with Crippen molar-refractivity contribution in [1.29, 1.82) is 0 Å². The zero-order valence-electron chi connectivity index (χ0n) is 11.0. The van der Waals surface area contributed by atoms with Crippen LogP contribution in [0.15, 0.2) is 0 Å². The predicted octanol–water partition coefficient (Wildman–Crippen LogP) is 0.917. The lowest BCUT2D eigenvalue weighted by molar-refractivity contribution is 0.190. The zero-order valence-corrected chi connectivity index (χ0v) is 11.9. The highest BCUT2D eigenvalue weighted by atomic mass is 31.2. The van der Waals surface area contributed by atoms with Crippen LogP contribution in [0.2, 0.25) is 0 Å². The lowest BCUT2D eigenvalue weighted by Gasteiger charge is -2.12. The van der Waals surface area contributed by atoms with Gasteiger partial charge in [-0.3, -0.25) is 9.79 Å². The lowest BCUT2D eigenvalue weighted by Crippen LogP contribution is -2.13. The third-order valence-corrected chi connectivity index (χ3v) is 1.86. The van der Waals surface area contributed by atoms with Crippen LogP contribution < -0.4 is 14.0 Å². The zero-order chi connectivity index (χ0) is 14.6. The number of phosphoric acid groups is 1. The first kappa shape index (κ1) is 15.6. The molecule has 0 unspecified atom stereocenters. The summed E-state index contributed by atoms with van der Waals surface area (Å²) in [5, 5.41) is 0. The van der Waals surface area contributed by atoms with Crippen LogP contribution in [-0.2, 0) is 4.57 Å². The highest BCUT2D eigenvalue weighted by Gasteiger charge is 2.21. The van der Waals surface area contributed by atoms with Gasteiger partial charge in [0.25, 0.3) is 0 Å². The number of aromatic nitrogens is 3. The van der Waals surface area contributed by atoms with Crippen molar-refractivity contribution < 1.29 is 28.3 Å². The standard InChI is InChI=1S/C9H16N3O6P/c1-5(2)16-7-10-8(17-6(3)4)12-9(11-7)18-19(13,14)15/h5-6H,1-4H3,(H2,13,14,15). The molecule has 0 atom stereocenters. The SMILES string of the molecule is CC(C)Oc1nc(OC(C)C)nc(OP(=O)(O)O)n1. The van der Waals surface area contributed by atoms with Crippen molar-refractivity contribution in [2.45, 2.75) is 39.9 Å². The first-order valence-electron chi connectivity index (χ1n) is 5.50. The summed E-state index contributed by atoms with van der Waals surface area (Å²) in [6.45, 7) is 6.99. The van der Waals surface area contributed by atoms with Crippen LogP contribution >= 0.6 is 7.82 Å². The fourth-order valence-electron chi connectivity index (χ4n) is 0.995. The molecule has 0 aliphatic heterocycles. The van der Waals surface area contributed by atoms with Crippen LogP contribution in [0, 0.1) is 0 Å². The van der Waals surface area contributed by atoms with Crippen molar-refractivity contribution in [1.82, 2.24) is 15.0 Å². The summed E-state index contributed by atoms with van der Waals surface area (Å²) < 4.78 is 25.5. The molecule has 19 heavy (non-hydrogen) atoms. The molecule has 0 saturated heterocycles. The molecular formula is C9H16N3O6P. The Morgan fingerprint density at radius 1 is 0.895 bits per heavy atom. The van der Waals surface area contributed by atoms with Gasteiger partial charge in [0.15, 0.2) is 0 Å². The molecule has 0 aliphatic carbocycles. The molecule has 1 aromatic heterocycles. The topological polar surface area (TPSA) is 124 Å². The maximum atomic E-state index is 10.8. The van der Waals surface area contributed by atoms with E-state index in [1.54, 1.807) is 27.7 Å². The van der Waals surface area contributed by atoms with Crippen molar-refractivity contribution in [3.05, 3.63) is 0 Å². The predicted molar refractivity (Wildman–Crippen MR) is 64.0 cm³/mol. The van der Waals surface area contributed by atoms with Crippen LogP contribution in [0.25, 0.3) is 0 Å². The molecule has 0 aliphatic rings. The Hall–Kier alpha value is -1.44. The Morgan fingerprint density at radius 3 is 1.58 bits per heavy atom. The molecule has 0 amide bonds. The van der Waals surface area contributed by atoms with Crippen molar-refractivity contribution in [2.75, 3.05) is 0 Å². The smallest absolute Gasteiger partial charge is 0.461 e. The second kappa shape index (κ2) is 6.14. The number of nitrogens with zero attached hydrogens (tertiary/aromatic N) is 3. The molecule has 0 spiro atoms. The number of rotatable bonds is 6. The monoisotopic (exact) mass is 293 g/mol. The van der Waals surface area contributed by atoms with Crippen molar-refractivity contribution in [3.63, 3.8) is 0 Å². The first-order chi connectivity index (χ1) is 8.65. The van der Waals surface area contributed by atoms with Gasteiger partial charge in [-0.2, -0.15) is 0 Å². The van der Waals surface area contributed by atoms with Crippen LogP contribution in [-0.4, -0.2) is 36.9 Å². The van der Waals surface area contributed by atoms with Crippen LogP contribution in [0.5, 0.6) is 18.0 Å². The average Bonchev–Trinajstić information content (AvgIpc) is 2.10. The molecule has 108 valence electrons. The van der Waals surface area contributed by atoms with E-state index >= 15 is 0 Å². The van der Waals surface area contributed by atoms with Gasteiger partial charge in [-0.15, -0.1) is 15.0 Å². The Balaban J connectivity index is 3.04. The summed E-state index contributed by atoms with van der Waals surface area (Å²) >= 11 is 0. The van der Waals surface area contributed by atoms with E-state index in [0.717, 1.165) is 0 Å². The molecule has 1 rings (SSSR count). The minimum atomic E-state index is -4.76. The maximum Gasteiger partial charge on any atom is 0.527 e. The van der Waals surface area contributed by atoms with Gasteiger partial charge in [0.2, 0.25) is 0 Å². The van der Waals surface area contributed by atoms with E-state index in [4.69, 9.17) is 19.3 Å². The van der Waals surface area contributed by atoms with E-state index in [2.05, 4.69) is 19.5 Å². The Morgan fingerprint density at radius 2 is 1.26 bits per heavy atom. The molecule has 10 heteroatoms. The van der Waals surface area contributed by atoms with E-state index in [-0.39, 0.29) is 24.2 Å². The largest absolute Gasteiger partial charge is 0.527 e. The Bertz CT molecular complexity index is 447. The summed E-state index contributed by atoms with van der Waals surface area (Å²) in [6.07, 6.45) is -0.450. The molecule has 0 aromatic carbocycles. The summed E-state index contributed by atoms with van der Waals surface area (Å²) in [5.74, 6) is 0. The normalized spacial score (nSPS) is 11.8. The quantitative estimate of drug-likeness (QED) is 0.736. The van der Waals surface area contributed by atoms with Crippen LogP contribution in [0.3, 0.4) is 0 Å². The molecule has 1 aromatic rings. The van der Waals surface area contributed by atoms with E-state index in [1.165, 1.54) is 0 Å². The third kappa shape index (κ3) is 6.32. The van der Waals surface area contributed by atoms with Gasteiger partial charge in [0.1, 0.15) is 0 Å². The van der Waals surface area contributed by atoms with E-state index in [0.29, 0.717) is 0 Å².